The summed E-state index contributed by atoms with van der Waals surface area (Å²) in [5.74, 6) is 0.0616. The average molecular weight is 298 g/mol. The van der Waals surface area contributed by atoms with E-state index in [1.807, 2.05) is 54.4 Å². The summed E-state index contributed by atoms with van der Waals surface area (Å²) in [6.45, 7) is 1.18. The van der Waals surface area contributed by atoms with Crippen molar-refractivity contribution in [3.63, 3.8) is 0 Å². The van der Waals surface area contributed by atoms with E-state index in [-0.39, 0.29) is 17.7 Å². The van der Waals surface area contributed by atoms with Crippen molar-refractivity contribution in [2.24, 2.45) is 5.92 Å². The van der Waals surface area contributed by atoms with Crippen molar-refractivity contribution >= 4 is 17.9 Å². The first-order valence-electron chi connectivity index (χ1n) is 7.91. The quantitative estimate of drug-likeness (QED) is 0.836. The lowest BCUT2D eigenvalue weighted by Crippen LogP contribution is -2.35. The lowest BCUT2D eigenvalue weighted by molar-refractivity contribution is -0.134. The molecule has 0 unspecified atom stereocenters. The second-order valence-electron chi connectivity index (χ2n) is 6.21. The Bertz CT molecular complexity index is 578. The summed E-state index contributed by atoms with van der Waals surface area (Å²) in [6.07, 6.45) is 6.58. The largest absolute Gasteiger partial charge is 0.342 e. The van der Waals surface area contributed by atoms with Crippen LogP contribution in [0.25, 0.3) is 6.08 Å². The lowest BCUT2D eigenvalue weighted by atomic mass is 10.1. The summed E-state index contributed by atoms with van der Waals surface area (Å²) in [7, 11) is 1.81. The second-order valence-corrected chi connectivity index (χ2v) is 6.21. The van der Waals surface area contributed by atoms with E-state index in [0.29, 0.717) is 25.6 Å². The first-order chi connectivity index (χ1) is 10.6. The van der Waals surface area contributed by atoms with Crippen LogP contribution in [0.1, 0.15) is 24.8 Å². The Morgan fingerprint density at radius 1 is 1.32 bits per heavy atom. The highest BCUT2D eigenvalue weighted by molar-refractivity contribution is 5.89. The SMILES string of the molecule is CN(C/C=C/c1ccccc1)C(=O)[C@@H]1CC(=O)N(C2CC2)C1. The van der Waals surface area contributed by atoms with Crippen LogP contribution in [0, 0.1) is 5.92 Å². The molecular formula is C18H22N2O2. The summed E-state index contributed by atoms with van der Waals surface area (Å²) in [4.78, 5) is 28.0. The maximum atomic E-state index is 12.4. The summed E-state index contributed by atoms with van der Waals surface area (Å²) >= 11 is 0. The van der Waals surface area contributed by atoms with Crippen molar-refractivity contribution in [2.45, 2.75) is 25.3 Å². The van der Waals surface area contributed by atoms with Crippen LogP contribution in [-0.2, 0) is 9.59 Å². The molecule has 2 amide bonds. The van der Waals surface area contributed by atoms with E-state index in [1.54, 1.807) is 4.90 Å². The molecule has 2 aliphatic rings. The molecule has 1 aliphatic carbocycles. The van der Waals surface area contributed by atoms with Gasteiger partial charge in [-0.15, -0.1) is 0 Å². The summed E-state index contributed by atoms with van der Waals surface area (Å²) in [5, 5.41) is 0. The minimum Gasteiger partial charge on any atom is -0.342 e. The molecule has 1 atom stereocenters. The molecule has 1 aliphatic heterocycles. The molecule has 1 aromatic carbocycles. The second kappa shape index (κ2) is 6.34. The molecule has 3 rings (SSSR count). The van der Waals surface area contributed by atoms with Gasteiger partial charge in [-0.05, 0) is 18.4 Å². The molecule has 1 saturated carbocycles. The summed E-state index contributed by atoms with van der Waals surface area (Å²) in [5.41, 5.74) is 1.12. The van der Waals surface area contributed by atoms with Crippen LogP contribution in [0.5, 0.6) is 0 Å². The molecule has 0 spiro atoms. The summed E-state index contributed by atoms with van der Waals surface area (Å²) < 4.78 is 0. The molecule has 1 saturated heterocycles. The minimum atomic E-state index is -0.164. The number of carbonyl (C=O) groups excluding carboxylic acids is 2. The van der Waals surface area contributed by atoms with Gasteiger partial charge in [0, 0.05) is 32.6 Å². The van der Waals surface area contributed by atoms with Crippen LogP contribution >= 0.6 is 0 Å². The van der Waals surface area contributed by atoms with Crippen molar-refractivity contribution in [3.05, 3.63) is 42.0 Å². The third-order valence-corrected chi connectivity index (χ3v) is 4.36. The van der Waals surface area contributed by atoms with E-state index in [9.17, 15) is 9.59 Å². The first-order valence-corrected chi connectivity index (χ1v) is 7.91. The van der Waals surface area contributed by atoms with Crippen LogP contribution in [0.4, 0.5) is 0 Å². The maximum Gasteiger partial charge on any atom is 0.228 e. The Hall–Kier alpha value is -2.10. The predicted molar refractivity (Wildman–Crippen MR) is 86.0 cm³/mol. The number of hydrogen-bond acceptors (Lipinski definition) is 2. The standard InChI is InChI=1S/C18H22N2O2/c1-19(11-5-8-14-6-3-2-4-7-14)18(22)15-12-17(21)20(13-15)16-9-10-16/h2-8,15-16H,9-13H2,1H3/b8-5+/t15-/m1/s1. The van der Waals surface area contributed by atoms with Gasteiger partial charge >= 0.3 is 0 Å². The van der Waals surface area contributed by atoms with Gasteiger partial charge in [-0.2, -0.15) is 0 Å². The third kappa shape index (κ3) is 3.38. The van der Waals surface area contributed by atoms with Gasteiger partial charge in [0.1, 0.15) is 0 Å². The number of benzene rings is 1. The number of hydrogen-bond donors (Lipinski definition) is 0. The van der Waals surface area contributed by atoms with Crippen LogP contribution < -0.4 is 0 Å². The van der Waals surface area contributed by atoms with E-state index < -0.39 is 0 Å². The predicted octanol–water partition coefficient (Wildman–Crippen LogP) is 2.17. The topological polar surface area (TPSA) is 40.6 Å². The van der Waals surface area contributed by atoms with Gasteiger partial charge in [0.15, 0.2) is 0 Å². The number of likely N-dealkylation sites (tertiary alicyclic amines) is 1. The fourth-order valence-electron chi connectivity index (χ4n) is 2.95. The zero-order valence-corrected chi connectivity index (χ0v) is 12.9. The van der Waals surface area contributed by atoms with Gasteiger partial charge in [-0.1, -0.05) is 42.5 Å². The molecular weight excluding hydrogens is 276 g/mol. The third-order valence-electron chi connectivity index (χ3n) is 4.36. The highest BCUT2D eigenvalue weighted by atomic mass is 16.2. The molecule has 1 heterocycles. The van der Waals surface area contributed by atoms with Gasteiger partial charge in [0.2, 0.25) is 11.8 Å². The molecule has 22 heavy (non-hydrogen) atoms. The highest BCUT2D eigenvalue weighted by Gasteiger charge is 2.42. The number of likely N-dealkylation sites (N-methyl/N-ethyl adjacent to an activating group) is 1. The Morgan fingerprint density at radius 2 is 2.05 bits per heavy atom. The van der Waals surface area contributed by atoms with Crippen molar-refractivity contribution in [1.82, 2.24) is 9.80 Å². The number of rotatable bonds is 5. The van der Waals surface area contributed by atoms with Crippen LogP contribution in [0.15, 0.2) is 36.4 Å². The number of carbonyl (C=O) groups is 2. The van der Waals surface area contributed by atoms with Gasteiger partial charge in [-0.25, -0.2) is 0 Å². The fourth-order valence-corrected chi connectivity index (χ4v) is 2.95. The zero-order chi connectivity index (χ0) is 15.5. The molecule has 4 heteroatoms. The monoisotopic (exact) mass is 298 g/mol. The molecule has 2 fully saturated rings. The molecule has 4 nitrogen and oxygen atoms in total. The normalized spacial score (nSPS) is 21.6. The first kappa shape index (κ1) is 14.8. The highest BCUT2D eigenvalue weighted by Crippen LogP contribution is 2.33. The van der Waals surface area contributed by atoms with E-state index >= 15 is 0 Å². The maximum absolute atomic E-state index is 12.4. The van der Waals surface area contributed by atoms with Gasteiger partial charge in [0.05, 0.1) is 5.92 Å². The van der Waals surface area contributed by atoms with Crippen molar-refractivity contribution in [2.75, 3.05) is 20.1 Å². The fraction of sp³-hybridized carbons (Fsp3) is 0.444. The van der Waals surface area contributed by atoms with Crippen LogP contribution in [0.2, 0.25) is 0 Å². The molecule has 116 valence electrons. The number of nitrogens with zero attached hydrogens (tertiary/aromatic N) is 2. The average Bonchev–Trinajstić information content (AvgIpc) is 3.30. The van der Waals surface area contributed by atoms with E-state index in [1.165, 1.54) is 0 Å². The molecule has 0 N–H and O–H groups in total. The Morgan fingerprint density at radius 3 is 2.73 bits per heavy atom. The molecule has 1 aromatic rings. The Kier molecular flexibility index (Phi) is 4.27. The Balaban J connectivity index is 1.51. The molecule has 0 radical (unpaired) electrons. The smallest absolute Gasteiger partial charge is 0.228 e. The zero-order valence-electron chi connectivity index (χ0n) is 12.9. The molecule has 0 bridgehead atoms. The van der Waals surface area contributed by atoms with Gasteiger partial charge in [-0.3, -0.25) is 9.59 Å². The summed E-state index contributed by atoms with van der Waals surface area (Å²) in [6, 6.07) is 10.4. The van der Waals surface area contributed by atoms with Crippen LogP contribution in [0.3, 0.4) is 0 Å². The Labute approximate surface area is 131 Å². The van der Waals surface area contributed by atoms with Gasteiger partial charge in [0.25, 0.3) is 0 Å². The lowest BCUT2D eigenvalue weighted by Gasteiger charge is -2.20. The van der Waals surface area contributed by atoms with Crippen molar-refractivity contribution in [1.29, 1.82) is 0 Å². The van der Waals surface area contributed by atoms with E-state index in [2.05, 4.69) is 0 Å². The minimum absolute atomic E-state index is 0.0780. The van der Waals surface area contributed by atoms with Crippen molar-refractivity contribution in [3.8, 4) is 0 Å². The van der Waals surface area contributed by atoms with E-state index in [0.717, 1.165) is 18.4 Å². The van der Waals surface area contributed by atoms with Gasteiger partial charge < -0.3 is 9.80 Å². The van der Waals surface area contributed by atoms with Crippen LogP contribution in [-0.4, -0.2) is 47.8 Å². The molecule has 0 aromatic heterocycles. The van der Waals surface area contributed by atoms with E-state index in [4.69, 9.17) is 0 Å². The number of amides is 2. The van der Waals surface area contributed by atoms with Crippen molar-refractivity contribution < 1.29 is 9.59 Å².